The van der Waals surface area contributed by atoms with E-state index >= 15 is 0 Å². The first-order valence-corrected chi connectivity index (χ1v) is 10.0. The molecular weight excluding hydrogens is 363 g/mol. The van der Waals surface area contributed by atoms with Crippen molar-refractivity contribution < 1.29 is 13.9 Å². The number of nitrogens with zero attached hydrogens (tertiary/aromatic N) is 2. The normalized spacial score (nSPS) is 16.0. The molecule has 0 N–H and O–H groups in total. The molecule has 1 aliphatic rings. The second-order valence-electron chi connectivity index (χ2n) is 6.58. The smallest absolute Gasteiger partial charge is 0.235 e. The van der Waals surface area contributed by atoms with Gasteiger partial charge in [-0.1, -0.05) is 0 Å². The first-order chi connectivity index (χ1) is 13.1. The number of amides is 1. The molecule has 0 aliphatic carbocycles. The molecule has 1 saturated heterocycles. The van der Waals surface area contributed by atoms with Gasteiger partial charge in [0.05, 0.1) is 12.4 Å². The maximum Gasteiger partial charge on any atom is 0.235 e. The van der Waals surface area contributed by atoms with Gasteiger partial charge < -0.3 is 14.5 Å². The quantitative estimate of drug-likeness (QED) is 0.724. The topological polar surface area (TPSA) is 32.8 Å². The Labute approximate surface area is 164 Å². The van der Waals surface area contributed by atoms with Crippen LogP contribution in [0, 0.1) is 5.82 Å². The number of hydrogen-bond donors (Lipinski definition) is 0. The molecule has 0 spiro atoms. The van der Waals surface area contributed by atoms with E-state index in [-0.39, 0.29) is 17.0 Å². The number of ether oxygens (including phenoxy) is 1. The van der Waals surface area contributed by atoms with Gasteiger partial charge in [-0.3, -0.25) is 4.79 Å². The molecule has 2 aromatic rings. The predicted molar refractivity (Wildman–Crippen MR) is 108 cm³/mol. The Morgan fingerprint density at radius 1 is 1.04 bits per heavy atom. The van der Waals surface area contributed by atoms with Crippen molar-refractivity contribution in [3.8, 4) is 5.75 Å². The van der Waals surface area contributed by atoms with Crippen molar-refractivity contribution in [3.63, 3.8) is 0 Å². The Balaban J connectivity index is 1.57. The van der Waals surface area contributed by atoms with Crippen LogP contribution >= 0.6 is 11.8 Å². The van der Waals surface area contributed by atoms with Crippen molar-refractivity contribution in [1.29, 1.82) is 0 Å². The minimum Gasteiger partial charge on any atom is -0.497 e. The third kappa shape index (κ3) is 5.16. The Morgan fingerprint density at radius 2 is 1.74 bits per heavy atom. The summed E-state index contributed by atoms with van der Waals surface area (Å²) in [6, 6.07) is 14.3. The van der Waals surface area contributed by atoms with E-state index in [0.29, 0.717) is 6.54 Å². The maximum absolute atomic E-state index is 13.1. The minimum atomic E-state index is -0.227. The van der Waals surface area contributed by atoms with Crippen molar-refractivity contribution in [1.82, 2.24) is 4.90 Å². The first-order valence-electron chi connectivity index (χ1n) is 9.17. The molecular formula is C21H25FN2O2S. The lowest BCUT2D eigenvalue weighted by molar-refractivity contribution is -0.130. The maximum atomic E-state index is 13.1. The van der Waals surface area contributed by atoms with Crippen LogP contribution in [0.5, 0.6) is 5.75 Å². The molecule has 27 heavy (non-hydrogen) atoms. The van der Waals surface area contributed by atoms with Crippen molar-refractivity contribution in [3.05, 3.63) is 54.3 Å². The molecule has 0 aromatic heterocycles. The number of anilines is 1. The average Bonchev–Trinajstić information content (AvgIpc) is 2.95. The molecule has 1 atom stereocenters. The lowest BCUT2D eigenvalue weighted by Crippen LogP contribution is -2.39. The van der Waals surface area contributed by atoms with Gasteiger partial charge in [0.15, 0.2) is 0 Å². The van der Waals surface area contributed by atoms with Gasteiger partial charge in [0.2, 0.25) is 5.91 Å². The molecule has 1 heterocycles. The summed E-state index contributed by atoms with van der Waals surface area (Å²) in [6.07, 6.45) is 0.906. The second kappa shape index (κ2) is 9.13. The summed E-state index contributed by atoms with van der Waals surface area (Å²) in [7, 11) is 1.64. The number of hydrogen-bond acceptors (Lipinski definition) is 4. The summed E-state index contributed by atoms with van der Waals surface area (Å²) >= 11 is 1.57. The fourth-order valence-electron chi connectivity index (χ4n) is 3.21. The van der Waals surface area contributed by atoms with E-state index < -0.39 is 0 Å². The van der Waals surface area contributed by atoms with E-state index in [9.17, 15) is 9.18 Å². The highest BCUT2D eigenvalue weighted by atomic mass is 32.2. The Morgan fingerprint density at radius 3 is 2.41 bits per heavy atom. The third-order valence-electron chi connectivity index (χ3n) is 4.72. The lowest BCUT2D eigenvalue weighted by atomic mass is 10.2. The highest BCUT2D eigenvalue weighted by molar-refractivity contribution is 8.00. The van der Waals surface area contributed by atoms with Gasteiger partial charge in [-0.25, -0.2) is 4.39 Å². The third-order valence-corrected chi connectivity index (χ3v) is 5.82. The molecule has 6 heteroatoms. The molecule has 1 aliphatic heterocycles. The second-order valence-corrected chi connectivity index (χ2v) is 7.99. The highest BCUT2D eigenvalue weighted by Gasteiger charge is 2.24. The zero-order valence-corrected chi connectivity index (χ0v) is 16.5. The summed E-state index contributed by atoms with van der Waals surface area (Å²) in [5.41, 5.74) is 1.01. The van der Waals surface area contributed by atoms with E-state index in [2.05, 4.69) is 4.90 Å². The van der Waals surface area contributed by atoms with Gasteiger partial charge in [0, 0.05) is 36.8 Å². The van der Waals surface area contributed by atoms with Crippen LogP contribution in [0.25, 0.3) is 0 Å². The van der Waals surface area contributed by atoms with Crippen molar-refractivity contribution in [2.45, 2.75) is 23.5 Å². The van der Waals surface area contributed by atoms with E-state index in [1.54, 1.807) is 31.0 Å². The fourth-order valence-corrected chi connectivity index (χ4v) is 4.17. The molecule has 0 bridgehead atoms. The Bertz CT molecular complexity index is 752. The summed E-state index contributed by atoms with van der Waals surface area (Å²) in [6.45, 7) is 5.03. The minimum absolute atomic E-state index is 0.143. The number of halogens is 1. The van der Waals surface area contributed by atoms with Gasteiger partial charge in [0.25, 0.3) is 0 Å². The molecule has 3 rings (SSSR count). The standard InChI is InChI=1S/C21H25FN2O2S/c1-16(27-20-10-8-19(26-2)9-11-20)21(25)24-13-3-12-23(14-15-24)18-6-4-17(22)5-7-18/h4-11,16H,3,12-15H2,1-2H3. The van der Waals surface area contributed by atoms with Crippen LogP contribution in [0.3, 0.4) is 0 Å². The largest absolute Gasteiger partial charge is 0.497 e. The zero-order chi connectivity index (χ0) is 19.2. The number of carbonyl (C=O) groups excluding carboxylic acids is 1. The van der Waals surface area contributed by atoms with Crippen molar-refractivity contribution in [2.24, 2.45) is 0 Å². The number of benzene rings is 2. The SMILES string of the molecule is COc1ccc(SC(C)C(=O)N2CCCN(c3ccc(F)cc3)CC2)cc1. The summed E-state index contributed by atoms with van der Waals surface area (Å²) < 4.78 is 18.3. The van der Waals surface area contributed by atoms with Gasteiger partial charge >= 0.3 is 0 Å². The van der Waals surface area contributed by atoms with E-state index in [4.69, 9.17) is 4.74 Å². The lowest BCUT2D eigenvalue weighted by Gasteiger charge is -2.25. The van der Waals surface area contributed by atoms with Crippen LogP contribution < -0.4 is 9.64 Å². The molecule has 144 valence electrons. The van der Waals surface area contributed by atoms with Crippen molar-refractivity contribution in [2.75, 3.05) is 38.2 Å². The van der Waals surface area contributed by atoms with Crippen LogP contribution in [-0.2, 0) is 4.79 Å². The predicted octanol–water partition coefficient (Wildman–Crippen LogP) is 4.05. The monoisotopic (exact) mass is 388 g/mol. The van der Waals surface area contributed by atoms with Crippen LogP contribution in [-0.4, -0.2) is 49.3 Å². The first kappa shape index (κ1) is 19.5. The Kier molecular flexibility index (Phi) is 6.61. The molecule has 4 nitrogen and oxygen atoms in total. The number of carbonyl (C=O) groups is 1. The molecule has 1 unspecified atom stereocenters. The zero-order valence-electron chi connectivity index (χ0n) is 15.7. The van der Waals surface area contributed by atoms with Crippen LogP contribution in [0.15, 0.2) is 53.4 Å². The van der Waals surface area contributed by atoms with Gasteiger partial charge in [-0.15, -0.1) is 11.8 Å². The summed E-state index contributed by atoms with van der Waals surface area (Å²) in [5.74, 6) is 0.748. The molecule has 2 aromatic carbocycles. The van der Waals surface area contributed by atoms with Crippen LogP contribution in [0.1, 0.15) is 13.3 Å². The number of methoxy groups -OCH3 is 1. The molecule has 1 amide bonds. The van der Waals surface area contributed by atoms with Gasteiger partial charge in [0.1, 0.15) is 11.6 Å². The van der Waals surface area contributed by atoms with E-state index in [0.717, 1.165) is 42.4 Å². The van der Waals surface area contributed by atoms with Crippen LogP contribution in [0.4, 0.5) is 10.1 Å². The fraction of sp³-hybridized carbons (Fsp3) is 0.381. The summed E-state index contributed by atoms with van der Waals surface area (Å²) in [5, 5.41) is -0.143. The highest BCUT2D eigenvalue weighted by Crippen LogP contribution is 2.27. The average molecular weight is 389 g/mol. The van der Waals surface area contributed by atoms with Crippen molar-refractivity contribution >= 4 is 23.4 Å². The molecule has 0 saturated carbocycles. The molecule has 1 fully saturated rings. The summed E-state index contributed by atoms with van der Waals surface area (Å²) in [4.78, 5) is 18.1. The van der Waals surface area contributed by atoms with E-state index in [1.807, 2.05) is 36.1 Å². The van der Waals surface area contributed by atoms with Gasteiger partial charge in [-0.2, -0.15) is 0 Å². The number of thioether (sulfide) groups is 1. The van der Waals surface area contributed by atoms with Gasteiger partial charge in [-0.05, 0) is 61.9 Å². The Hall–Kier alpha value is -2.21. The van der Waals surface area contributed by atoms with E-state index in [1.165, 1.54) is 12.1 Å². The number of rotatable bonds is 5. The van der Waals surface area contributed by atoms with Crippen LogP contribution in [0.2, 0.25) is 0 Å². The molecule has 0 radical (unpaired) electrons.